The molecule has 1 amide bonds. The second kappa shape index (κ2) is 13.8. The van der Waals surface area contributed by atoms with Gasteiger partial charge in [-0.25, -0.2) is 4.98 Å². The summed E-state index contributed by atoms with van der Waals surface area (Å²) in [5.74, 6) is 1.22. The van der Waals surface area contributed by atoms with E-state index in [9.17, 15) is 9.36 Å². The van der Waals surface area contributed by atoms with Gasteiger partial charge in [-0.15, -0.1) is 0 Å². The third-order valence-corrected chi connectivity index (χ3v) is 9.63. The van der Waals surface area contributed by atoms with Gasteiger partial charge in [0.2, 0.25) is 11.9 Å². The molecule has 0 unspecified atom stereocenters. The fourth-order valence-electron chi connectivity index (χ4n) is 5.72. The second-order valence-corrected chi connectivity index (χ2v) is 14.7. The summed E-state index contributed by atoms with van der Waals surface area (Å²) in [5, 5.41) is 10.4. The van der Waals surface area contributed by atoms with Gasteiger partial charge < -0.3 is 34.9 Å². The lowest BCUT2D eigenvalue weighted by atomic mass is 10.0. The van der Waals surface area contributed by atoms with E-state index < -0.39 is 7.14 Å². The van der Waals surface area contributed by atoms with Crippen LogP contribution in [0.4, 0.5) is 34.5 Å². The number of anilines is 6. The fourth-order valence-corrected chi connectivity index (χ4v) is 6.88. The number of benzene rings is 2. The molecule has 0 spiro atoms. The van der Waals surface area contributed by atoms with Crippen molar-refractivity contribution < 1.29 is 18.8 Å². The van der Waals surface area contributed by atoms with Gasteiger partial charge in [-0.2, -0.15) is 4.98 Å². The summed E-state index contributed by atoms with van der Waals surface area (Å²) >= 11 is 0. The van der Waals surface area contributed by atoms with Crippen molar-refractivity contribution in [2.75, 3.05) is 80.7 Å². The number of aryl methyl sites for hydroxylation is 1. The van der Waals surface area contributed by atoms with Crippen molar-refractivity contribution in [1.82, 2.24) is 14.9 Å². The quantitative estimate of drug-likeness (QED) is 0.212. The molecule has 12 heteroatoms. The molecule has 2 saturated heterocycles. The Bertz CT molecular complexity index is 1550. The molecule has 1 aromatic heterocycles. The molecule has 2 aromatic carbocycles. The lowest BCUT2D eigenvalue weighted by molar-refractivity contribution is -0.111. The Balaban J connectivity index is 1.41. The standard InChI is InChI=1S/C32H42N7O4P/c1-6-30(40)34-25-19-26(28(42-3)20-27(25)39-13-11-23(12-14-39)38-15-17-43-18-16-38)36-32-33-21-22(2)31(37-32)35-24-9-7-8-10-29(24)44(4,5)41/h6-10,19-21,23H,1,11-18H2,2-5H3,(H,34,40)(H2,33,35,36,37). The normalized spacial score (nSPS) is 16.3. The minimum absolute atomic E-state index is 0.300. The van der Waals surface area contributed by atoms with Crippen LogP contribution in [-0.4, -0.2) is 86.6 Å². The first kappa shape index (κ1) is 31.5. The van der Waals surface area contributed by atoms with Gasteiger partial charge in [-0.3, -0.25) is 9.69 Å². The number of amides is 1. The van der Waals surface area contributed by atoms with Gasteiger partial charge in [0, 0.05) is 55.4 Å². The number of piperidine rings is 1. The smallest absolute Gasteiger partial charge is 0.247 e. The minimum Gasteiger partial charge on any atom is -0.494 e. The van der Waals surface area contributed by atoms with E-state index in [1.54, 1.807) is 26.6 Å². The summed E-state index contributed by atoms with van der Waals surface area (Å²) in [6.45, 7) is 14.3. The maximum absolute atomic E-state index is 12.9. The highest BCUT2D eigenvalue weighted by Crippen LogP contribution is 2.40. The Hall–Kier alpha value is -3.92. The highest BCUT2D eigenvalue weighted by Gasteiger charge is 2.28. The Morgan fingerprint density at radius 1 is 1.07 bits per heavy atom. The van der Waals surface area contributed by atoms with E-state index in [2.05, 4.69) is 37.3 Å². The van der Waals surface area contributed by atoms with Crippen molar-refractivity contribution in [2.24, 2.45) is 0 Å². The van der Waals surface area contributed by atoms with Crippen molar-refractivity contribution >= 4 is 52.9 Å². The van der Waals surface area contributed by atoms with E-state index in [0.29, 0.717) is 34.9 Å². The van der Waals surface area contributed by atoms with Gasteiger partial charge in [-0.1, -0.05) is 18.7 Å². The van der Waals surface area contributed by atoms with E-state index in [1.165, 1.54) is 6.08 Å². The maximum atomic E-state index is 12.9. The van der Waals surface area contributed by atoms with Crippen LogP contribution in [0, 0.1) is 6.92 Å². The molecule has 11 nitrogen and oxygen atoms in total. The zero-order chi connectivity index (χ0) is 31.3. The summed E-state index contributed by atoms with van der Waals surface area (Å²) in [7, 11) is -0.908. The molecule has 2 aliphatic heterocycles. The largest absolute Gasteiger partial charge is 0.494 e. The Morgan fingerprint density at radius 3 is 2.48 bits per heavy atom. The number of hydrogen-bond donors (Lipinski definition) is 3. The highest BCUT2D eigenvalue weighted by atomic mass is 31.2. The van der Waals surface area contributed by atoms with Crippen LogP contribution in [0.5, 0.6) is 5.75 Å². The second-order valence-electron chi connectivity index (χ2n) is 11.5. The zero-order valence-electron chi connectivity index (χ0n) is 25.9. The molecule has 0 radical (unpaired) electrons. The number of nitrogens with one attached hydrogen (secondary N) is 3. The number of carbonyl (C=O) groups is 1. The molecule has 3 heterocycles. The first-order valence-electron chi connectivity index (χ1n) is 14.9. The van der Waals surface area contributed by atoms with Crippen molar-refractivity contribution in [2.45, 2.75) is 25.8 Å². The monoisotopic (exact) mass is 619 g/mol. The summed E-state index contributed by atoms with van der Waals surface area (Å²) in [6, 6.07) is 11.9. The van der Waals surface area contributed by atoms with Crippen LogP contribution in [-0.2, 0) is 14.1 Å². The predicted molar refractivity (Wildman–Crippen MR) is 178 cm³/mol. The molecule has 44 heavy (non-hydrogen) atoms. The summed E-state index contributed by atoms with van der Waals surface area (Å²) < 4.78 is 24.3. The lowest BCUT2D eigenvalue weighted by Crippen LogP contribution is -2.49. The maximum Gasteiger partial charge on any atom is 0.247 e. The molecule has 0 atom stereocenters. The van der Waals surface area contributed by atoms with E-state index >= 15 is 0 Å². The van der Waals surface area contributed by atoms with Gasteiger partial charge in [-0.05, 0) is 57.4 Å². The van der Waals surface area contributed by atoms with Crippen LogP contribution in [0.25, 0.3) is 0 Å². The molecule has 0 aliphatic carbocycles. The van der Waals surface area contributed by atoms with Crippen LogP contribution >= 0.6 is 7.14 Å². The highest BCUT2D eigenvalue weighted by molar-refractivity contribution is 7.70. The van der Waals surface area contributed by atoms with Gasteiger partial charge in [0.15, 0.2) is 0 Å². The zero-order valence-corrected chi connectivity index (χ0v) is 26.8. The van der Waals surface area contributed by atoms with E-state index in [0.717, 1.165) is 74.5 Å². The number of carbonyl (C=O) groups excluding carboxylic acids is 1. The van der Waals surface area contributed by atoms with E-state index in [1.807, 2.05) is 43.3 Å². The average molecular weight is 620 g/mol. The number of para-hydroxylation sites is 1. The Morgan fingerprint density at radius 2 is 1.80 bits per heavy atom. The SMILES string of the molecule is C=CC(=O)Nc1cc(Nc2ncc(C)c(Nc3ccccc3P(C)(C)=O)n2)c(OC)cc1N1CCC(N2CCOCC2)CC1. The first-order valence-corrected chi connectivity index (χ1v) is 17.5. The molecule has 2 fully saturated rings. The van der Waals surface area contributed by atoms with E-state index in [-0.39, 0.29) is 5.91 Å². The Kier molecular flexibility index (Phi) is 9.88. The molecule has 0 bridgehead atoms. The van der Waals surface area contributed by atoms with Crippen LogP contribution in [0.15, 0.2) is 55.3 Å². The number of hydrogen-bond acceptors (Lipinski definition) is 10. The third kappa shape index (κ3) is 7.41. The summed E-state index contributed by atoms with van der Waals surface area (Å²) in [4.78, 5) is 26.5. The van der Waals surface area contributed by atoms with Gasteiger partial charge in [0.25, 0.3) is 0 Å². The molecule has 3 aromatic rings. The number of nitrogens with zero attached hydrogens (tertiary/aromatic N) is 4. The number of morpholine rings is 1. The third-order valence-electron chi connectivity index (χ3n) is 8.08. The van der Waals surface area contributed by atoms with Crippen molar-refractivity contribution in [3.8, 4) is 5.75 Å². The number of ether oxygens (including phenoxy) is 2. The summed E-state index contributed by atoms with van der Waals surface area (Å²) in [6.07, 6.45) is 5.03. The molecular formula is C32H42N7O4P. The predicted octanol–water partition coefficient (Wildman–Crippen LogP) is 4.95. The van der Waals surface area contributed by atoms with Gasteiger partial charge >= 0.3 is 0 Å². The van der Waals surface area contributed by atoms with Crippen LogP contribution in [0.3, 0.4) is 0 Å². The van der Waals surface area contributed by atoms with Crippen molar-refractivity contribution in [3.63, 3.8) is 0 Å². The number of aromatic nitrogens is 2. The van der Waals surface area contributed by atoms with Crippen LogP contribution in [0.1, 0.15) is 18.4 Å². The number of rotatable bonds is 10. The van der Waals surface area contributed by atoms with Crippen molar-refractivity contribution in [3.05, 3.63) is 60.8 Å². The van der Waals surface area contributed by atoms with Gasteiger partial charge in [0.1, 0.15) is 18.7 Å². The molecular weight excluding hydrogens is 577 g/mol. The lowest BCUT2D eigenvalue weighted by Gasteiger charge is -2.41. The molecule has 234 valence electrons. The Labute approximate surface area is 259 Å². The van der Waals surface area contributed by atoms with Crippen LogP contribution in [0.2, 0.25) is 0 Å². The number of methoxy groups -OCH3 is 1. The minimum atomic E-state index is -2.52. The van der Waals surface area contributed by atoms with Crippen molar-refractivity contribution in [1.29, 1.82) is 0 Å². The molecule has 2 aliphatic rings. The molecule has 5 rings (SSSR count). The van der Waals surface area contributed by atoms with E-state index in [4.69, 9.17) is 14.5 Å². The first-order chi connectivity index (χ1) is 21.2. The topological polar surface area (TPSA) is 121 Å². The van der Waals surface area contributed by atoms with Gasteiger partial charge in [0.05, 0.1) is 43.1 Å². The van der Waals surface area contributed by atoms with Crippen LogP contribution < -0.4 is 30.9 Å². The fraction of sp³-hybridized carbons (Fsp3) is 0.406. The molecule has 0 saturated carbocycles. The average Bonchev–Trinajstić information content (AvgIpc) is 3.03. The summed E-state index contributed by atoms with van der Waals surface area (Å²) in [5.41, 5.74) is 3.69. The molecule has 3 N–H and O–H groups in total.